The molecule has 5 atom stereocenters. The Morgan fingerprint density at radius 3 is 0.773 bits per heavy atom. The minimum Gasteiger partial charge on any atom is -0.462 e. The molecule has 0 aliphatic heterocycles. The van der Waals surface area contributed by atoms with Gasteiger partial charge in [-0.3, -0.25) is 37.3 Å². The summed E-state index contributed by atoms with van der Waals surface area (Å²) in [4.78, 5) is 72.4. The van der Waals surface area contributed by atoms with E-state index in [2.05, 4.69) is 41.5 Å². The van der Waals surface area contributed by atoms with E-state index < -0.39 is 97.5 Å². The van der Waals surface area contributed by atoms with Crippen molar-refractivity contribution in [2.45, 2.75) is 368 Å². The first-order valence-electron chi connectivity index (χ1n) is 36.0. The fourth-order valence-corrected chi connectivity index (χ4v) is 12.0. The summed E-state index contributed by atoms with van der Waals surface area (Å²) in [5.41, 5.74) is 0. The van der Waals surface area contributed by atoms with Gasteiger partial charge in [0.05, 0.1) is 26.4 Å². The highest BCUT2D eigenvalue weighted by Crippen LogP contribution is 2.45. The van der Waals surface area contributed by atoms with Gasteiger partial charge in [0.15, 0.2) is 12.2 Å². The van der Waals surface area contributed by atoms with Crippen LogP contribution in [0.4, 0.5) is 0 Å². The molecule has 2 unspecified atom stereocenters. The Hall–Kier alpha value is -1.94. The normalized spacial score (nSPS) is 14.2. The number of phosphoric acid groups is 2. The number of phosphoric ester groups is 2. The summed E-state index contributed by atoms with van der Waals surface area (Å²) in [6, 6.07) is 0. The molecular weight excluding hydrogens is 1160 g/mol. The molecule has 0 aromatic rings. The molecule has 0 bridgehead atoms. The van der Waals surface area contributed by atoms with Gasteiger partial charge in [-0.05, 0) is 37.5 Å². The van der Waals surface area contributed by atoms with E-state index in [1.807, 2.05) is 0 Å². The molecule has 88 heavy (non-hydrogen) atoms. The van der Waals surface area contributed by atoms with Gasteiger partial charge >= 0.3 is 39.5 Å². The molecule has 0 radical (unpaired) electrons. The molecule has 0 amide bonds. The third-order valence-corrected chi connectivity index (χ3v) is 17.9. The highest BCUT2D eigenvalue weighted by atomic mass is 31.2. The number of unbranched alkanes of at least 4 members (excludes halogenated alkanes) is 38. The van der Waals surface area contributed by atoms with Crippen molar-refractivity contribution >= 4 is 39.5 Å². The van der Waals surface area contributed by atoms with Gasteiger partial charge in [-0.2, -0.15) is 0 Å². The minimum atomic E-state index is -4.95. The van der Waals surface area contributed by atoms with Crippen molar-refractivity contribution in [2.75, 3.05) is 39.6 Å². The minimum absolute atomic E-state index is 0.103. The Labute approximate surface area is 537 Å². The fourth-order valence-electron chi connectivity index (χ4n) is 10.4. The molecule has 0 saturated heterocycles. The van der Waals surface area contributed by atoms with Gasteiger partial charge in [0.25, 0.3) is 0 Å². The van der Waals surface area contributed by atoms with Crippen molar-refractivity contribution in [2.24, 2.45) is 11.8 Å². The van der Waals surface area contributed by atoms with E-state index in [-0.39, 0.29) is 25.7 Å². The maximum absolute atomic E-state index is 13.0. The van der Waals surface area contributed by atoms with Crippen molar-refractivity contribution in [3.63, 3.8) is 0 Å². The van der Waals surface area contributed by atoms with Crippen molar-refractivity contribution in [1.82, 2.24) is 0 Å². The molecule has 3 N–H and O–H groups in total. The van der Waals surface area contributed by atoms with Crippen LogP contribution in [0.15, 0.2) is 0 Å². The zero-order chi connectivity index (χ0) is 65.0. The quantitative estimate of drug-likeness (QED) is 0.0222. The molecule has 0 spiro atoms. The smallest absolute Gasteiger partial charge is 0.462 e. The number of hydrogen-bond donors (Lipinski definition) is 3. The highest BCUT2D eigenvalue weighted by Gasteiger charge is 2.30. The summed E-state index contributed by atoms with van der Waals surface area (Å²) in [5, 5.41) is 10.6. The number of ether oxygens (including phenoxy) is 4. The van der Waals surface area contributed by atoms with Crippen LogP contribution in [-0.4, -0.2) is 96.7 Å². The zero-order valence-corrected chi connectivity index (χ0v) is 58.8. The zero-order valence-electron chi connectivity index (χ0n) is 57.0. The molecule has 19 heteroatoms. The van der Waals surface area contributed by atoms with E-state index in [0.29, 0.717) is 31.6 Å². The molecule has 0 heterocycles. The number of aliphatic hydroxyl groups is 1. The first kappa shape index (κ1) is 86.1. The van der Waals surface area contributed by atoms with E-state index >= 15 is 0 Å². The maximum Gasteiger partial charge on any atom is 0.472 e. The standard InChI is InChI=1S/C69H134O17P2/c1-7-9-11-13-15-17-18-24-28-34-40-46-52-67(72)80-57-64(85-68(73)53-47-41-35-29-25-22-20-19-21-23-27-31-37-43-49-61(3)4)59-83-87(75,76)81-55-63(70)56-82-88(77,78)84-60-65(58-79-66(71)51-45-39-33-26-16-14-12-10-8-2)86-69(74)54-48-42-36-30-32-38-44-50-62(5)6/h61-65,70H,7-60H2,1-6H3,(H,75,76)(H,77,78)/t63-,64-,65-/m1/s1. The molecule has 0 aliphatic rings. The Morgan fingerprint density at radius 2 is 0.523 bits per heavy atom. The van der Waals surface area contributed by atoms with Gasteiger partial charge in [-0.25, -0.2) is 9.13 Å². The second kappa shape index (κ2) is 61.3. The van der Waals surface area contributed by atoms with E-state index in [0.717, 1.165) is 95.8 Å². The van der Waals surface area contributed by atoms with Crippen LogP contribution < -0.4 is 0 Å². The lowest BCUT2D eigenvalue weighted by Gasteiger charge is -2.21. The van der Waals surface area contributed by atoms with Crippen LogP contribution in [0.2, 0.25) is 0 Å². The number of esters is 4. The van der Waals surface area contributed by atoms with Crippen LogP contribution >= 0.6 is 15.6 Å². The molecule has 0 fully saturated rings. The lowest BCUT2D eigenvalue weighted by atomic mass is 10.0. The summed E-state index contributed by atoms with van der Waals surface area (Å²) >= 11 is 0. The number of aliphatic hydroxyl groups excluding tert-OH is 1. The summed E-state index contributed by atoms with van der Waals surface area (Å²) in [7, 11) is -9.89. The van der Waals surface area contributed by atoms with Crippen LogP contribution in [0.3, 0.4) is 0 Å². The average Bonchev–Trinajstić information content (AvgIpc) is 3.64. The molecule has 0 saturated carbocycles. The molecule has 0 aliphatic carbocycles. The molecule has 522 valence electrons. The van der Waals surface area contributed by atoms with Gasteiger partial charge in [0.2, 0.25) is 0 Å². The molecule has 0 aromatic carbocycles. The van der Waals surface area contributed by atoms with Crippen molar-refractivity contribution in [3.8, 4) is 0 Å². The maximum atomic E-state index is 13.0. The lowest BCUT2D eigenvalue weighted by molar-refractivity contribution is -0.161. The predicted octanol–water partition coefficient (Wildman–Crippen LogP) is 19.6. The summed E-state index contributed by atoms with van der Waals surface area (Å²) < 4.78 is 68.2. The second-order valence-corrected chi connectivity index (χ2v) is 28.8. The van der Waals surface area contributed by atoms with Crippen molar-refractivity contribution < 1.29 is 80.2 Å². The number of carbonyl (C=O) groups is 4. The lowest BCUT2D eigenvalue weighted by Crippen LogP contribution is -2.30. The first-order chi connectivity index (χ1) is 42.4. The molecule has 0 rings (SSSR count). The predicted molar refractivity (Wildman–Crippen MR) is 354 cm³/mol. The van der Waals surface area contributed by atoms with E-state index in [1.54, 1.807) is 0 Å². The third kappa shape index (κ3) is 62.8. The van der Waals surface area contributed by atoms with Crippen molar-refractivity contribution in [1.29, 1.82) is 0 Å². The second-order valence-electron chi connectivity index (χ2n) is 25.9. The first-order valence-corrected chi connectivity index (χ1v) is 39.0. The summed E-state index contributed by atoms with van der Waals surface area (Å²) in [6.07, 6.45) is 45.9. The third-order valence-electron chi connectivity index (χ3n) is 16.0. The summed E-state index contributed by atoms with van der Waals surface area (Å²) in [5.74, 6) is -0.637. The van der Waals surface area contributed by atoms with Gasteiger partial charge in [-0.1, -0.05) is 298 Å². The SMILES string of the molecule is CCCCCCCCCCCCCCC(=O)OC[C@H](COP(=O)(O)OC[C@@H](O)COP(=O)(O)OC[C@@H](COC(=O)CCCCCCCCCCC)OC(=O)CCCCCCCCCC(C)C)OC(=O)CCCCCCCCCCCCCCCCC(C)C. The molecular formula is C69H134O17P2. The monoisotopic (exact) mass is 1300 g/mol. The average molecular weight is 1300 g/mol. The van der Waals surface area contributed by atoms with Gasteiger partial charge in [0, 0.05) is 25.7 Å². The molecule has 17 nitrogen and oxygen atoms in total. The van der Waals surface area contributed by atoms with Crippen LogP contribution in [0.25, 0.3) is 0 Å². The van der Waals surface area contributed by atoms with Crippen LogP contribution in [0.5, 0.6) is 0 Å². The number of carbonyl (C=O) groups excluding carboxylic acids is 4. The van der Waals surface area contributed by atoms with Gasteiger partial charge < -0.3 is 33.8 Å². The largest absolute Gasteiger partial charge is 0.472 e. The van der Waals surface area contributed by atoms with Crippen LogP contribution in [0.1, 0.15) is 350 Å². The Morgan fingerprint density at radius 1 is 0.307 bits per heavy atom. The Bertz CT molecular complexity index is 1720. The van der Waals surface area contributed by atoms with Gasteiger partial charge in [-0.15, -0.1) is 0 Å². The summed E-state index contributed by atoms with van der Waals surface area (Å²) in [6.45, 7) is 9.48. The number of hydrogen-bond acceptors (Lipinski definition) is 15. The van der Waals surface area contributed by atoms with E-state index in [4.69, 9.17) is 37.0 Å². The van der Waals surface area contributed by atoms with E-state index in [9.17, 15) is 43.2 Å². The Balaban J connectivity index is 5.22. The van der Waals surface area contributed by atoms with E-state index in [1.165, 1.54) is 167 Å². The number of rotatable bonds is 68. The molecule has 0 aromatic heterocycles. The fraction of sp³-hybridized carbons (Fsp3) is 0.942. The highest BCUT2D eigenvalue weighted by molar-refractivity contribution is 7.47. The van der Waals surface area contributed by atoms with Crippen LogP contribution in [-0.2, 0) is 65.4 Å². The van der Waals surface area contributed by atoms with Gasteiger partial charge in [0.1, 0.15) is 19.3 Å². The topological polar surface area (TPSA) is 237 Å². The van der Waals surface area contributed by atoms with Crippen LogP contribution in [0, 0.1) is 11.8 Å². The Kier molecular flexibility index (Phi) is 59.9. The van der Waals surface area contributed by atoms with Crippen molar-refractivity contribution in [3.05, 3.63) is 0 Å².